The number of aromatic nitrogens is 5. The number of fused-ring (bicyclic) bond motifs is 1. The number of aromatic amines is 2. The van der Waals surface area contributed by atoms with Gasteiger partial charge in [0.05, 0.1) is 17.5 Å². The lowest BCUT2D eigenvalue weighted by Crippen LogP contribution is -2.15. The minimum absolute atomic E-state index is 0.295. The number of nitrogens with one attached hydrogen (secondary N) is 2. The summed E-state index contributed by atoms with van der Waals surface area (Å²) in [5, 5.41) is 11.6. The highest BCUT2D eigenvalue weighted by Gasteiger charge is 2.14. The summed E-state index contributed by atoms with van der Waals surface area (Å²) in [5.74, 6) is 0. The molecular formula is C16H12BN5O. The van der Waals surface area contributed by atoms with Crippen molar-refractivity contribution in [3.63, 3.8) is 0 Å². The van der Waals surface area contributed by atoms with Gasteiger partial charge in [0.15, 0.2) is 0 Å². The first kappa shape index (κ1) is 13.6. The molecule has 0 amide bonds. The van der Waals surface area contributed by atoms with Crippen molar-refractivity contribution in [3.8, 4) is 22.5 Å². The van der Waals surface area contributed by atoms with E-state index < -0.39 is 0 Å². The molecule has 0 bridgehead atoms. The van der Waals surface area contributed by atoms with Crippen molar-refractivity contribution in [2.45, 2.75) is 0 Å². The maximum atomic E-state index is 12.2. The zero-order valence-electron chi connectivity index (χ0n) is 12.4. The number of aryl methyl sites for hydroxylation is 1. The highest BCUT2D eigenvalue weighted by molar-refractivity contribution is 6.42. The summed E-state index contributed by atoms with van der Waals surface area (Å²) >= 11 is 0. The van der Waals surface area contributed by atoms with Crippen LogP contribution in [0.2, 0.25) is 0 Å². The van der Waals surface area contributed by atoms with Gasteiger partial charge in [0.1, 0.15) is 7.85 Å². The molecule has 2 N–H and O–H groups in total. The molecule has 23 heavy (non-hydrogen) atoms. The Kier molecular flexibility index (Phi) is 2.94. The van der Waals surface area contributed by atoms with Gasteiger partial charge in [-0.25, -0.2) is 5.10 Å². The lowest BCUT2D eigenvalue weighted by atomic mass is 9.90. The van der Waals surface area contributed by atoms with Crippen molar-refractivity contribution in [2.24, 2.45) is 7.05 Å². The molecule has 6 nitrogen and oxygen atoms in total. The van der Waals surface area contributed by atoms with E-state index in [1.54, 1.807) is 16.9 Å². The van der Waals surface area contributed by atoms with Gasteiger partial charge in [0.25, 0.3) is 5.56 Å². The van der Waals surface area contributed by atoms with E-state index in [0.29, 0.717) is 22.4 Å². The predicted molar refractivity (Wildman–Crippen MR) is 89.7 cm³/mol. The Morgan fingerprint density at radius 3 is 2.83 bits per heavy atom. The van der Waals surface area contributed by atoms with Gasteiger partial charge in [-0.05, 0) is 17.5 Å². The smallest absolute Gasteiger partial charge is 0.273 e. The number of hydrogen-bond acceptors (Lipinski definition) is 3. The van der Waals surface area contributed by atoms with Gasteiger partial charge >= 0.3 is 0 Å². The summed E-state index contributed by atoms with van der Waals surface area (Å²) in [4.78, 5) is 15.4. The quantitative estimate of drug-likeness (QED) is 0.544. The molecule has 4 rings (SSSR count). The van der Waals surface area contributed by atoms with Crippen LogP contribution in [0.3, 0.4) is 0 Å². The van der Waals surface area contributed by atoms with Crippen LogP contribution in [0.15, 0.2) is 47.5 Å². The molecule has 0 unspecified atom stereocenters. The van der Waals surface area contributed by atoms with E-state index >= 15 is 0 Å². The fourth-order valence-electron chi connectivity index (χ4n) is 2.67. The van der Waals surface area contributed by atoms with E-state index in [0.717, 1.165) is 16.5 Å². The Labute approximate surface area is 132 Å². The Morgan fingerprint density at radius 1 is 1.26 bits per heavy atom. The fourth-order valence-corrected chi connectivity index (χ4v) is 2.67. The largest absolute Gasteiger partial charge is 0.355 e. The monoisotopic (exact) mass is 301 g/mol. The maximum Gasteiger partial charge on any atom is 0.273 e. The van der Waals surface area contributed by atoms with Gasteiger partial charge in [0.2, 0.25) is 0 Å². The molecule has 0 atom stereocenters. The third-order valence-corrected chi connectivity index (χ3v) is 3.82. The summed E-state index contributed by atoms with van der Waals surface area (Å²) in [6.45, 7) is 0. The van der Waals surface area contributed by atoms with E-state index in [-0.39, 0.29) is 5.56 Å². The summed E-state index contributed by atoms with van der Waals surface area (Å²) in [5.41, 5.74) is 3.64. The number of H-pyrrole nitrogens is 2. The van der Waals surface area contributed by atoms with Crippen LogP contribution in [-0.2, 0) is 7.05 Å². The topological polar surface area (TPSA) is 79.4 Å². The van der Waals surface area contributed by atoms with Crippen LogP contribution >= 0.6 is 0 Å². The maximum absolute atomic E-state index is 12.2. The molecule has 2 radical (unpaired) electrons. The summed E-state index contributed by atoms with van der Waals surface area (Å²) in [7, 11) is 8.04. The van der Waals surface area contributed by atoms with Crippen LogP contribution in [-0.4, -0.2) is 32.8 Å². The van der Waals surface area contributed by atoms with E-state index in [1.165, 1.54) is 0 Å². The van der Waals surface area contributed by atoms with E-state index in [9.17, 15) is 4.79 Å². The second kappa shape index (κ2) is 4.98. The van der Waals surface area contributed by atoms with Gasteiger partial charge in [-0.3, -0.25) is 9.48 Å². The standard InChI is InChI=1S/C16H12BN5O/c1-22-8-9(7-18-22)13-6-11(16(23)21-20-13)15-14(17)10-4-2-3-5-12(10)19-15/h2-8,19H,1H3,(H,21,23). The van der Waals surface area contributed by atoms with E-state index in [2.05, 4.69) is 20.3 Å². The first-order valence-electron chi connectivity index (χ1n) is 7.09. The molecular weight excluding hydrogens is 289 g/mol. The minimum atomic E-state index is -0.295. The molecule has 0 spiro atoms. The first-order chi connectivity index (χ1) is 11.1. The highest BCUT2D eigenvalue weighted by Crippen LogP contribution is 2.22. The van der Waals surface area contributed by atoms with Crippen molar-refractivity contribution in [1.29, 1.82) is 0 Å². The van der Waals surface area contributed by atoms with Crippen LogP contribution in [0.5, 0.6) is 0 Å². The Hall–Kier alpha value is -3.09. The minimum Gasteiger partial charge on any atom is -0.355 e. The highest BCUT2D eigenvalue weighted by atomic mass is 16.1. The van der Waals surface area contributed by atoms with Crippen LogP contribution < -0.4 is 11.0 Å². The molecule has 0 fully saturated rings. The third-order valence-electron chi connectivity index (χ3n) is 3.82. The van der Waals surface area contributed by atoms with Crippen molar-refractivity contribution in [1.82, 2.24) is 25.0 Å². The van der Waals surface area contributed by atoms with Crippen LogP contribution in [0.1, 0.15) is 0 Å². The molecule has 110 valence electrons. The van der Waals surface area contributed by atoms with Crippen molar-refractivity contribution in [2.75, 3.05) is 0 Å². The van der Waals surface area contributed by atoms with Gasteiger partial charge in [-0.15, -0.1) is 0 Å². The molecule has 0 saturated heterocycles. The lowest BCUT2D eigenvalue weighted by molar-refractivity contribution is 0.768. The number of hydrogen-bond donors (Lipinski definition) is 2. The lowest BCUT2D eigenvalue weighted by Gasteiger charge is -2.02. The van der Waals surface area contributed by atoms with Gasteiger partial charge in [-0.2, -0.15) is 10.2 Å². The van der Waals surface area contributed by atoms with Crippen molar-refractivity contribution in [3.05, 3.63) is 53.1 Å². The predicted octanol–water partition coefficient (Wildman–Crippen LogP) is 1.11. The molecule has 0 aliphatic carbocycles. The molecule has 4 aromatic rings. The van der Waals surface area contributed by atoms with Gasteiger partial charge in [-0.1, -0.05) is 23.7 Å². The van der Waals surface area contributed by atoms with E-state index in [4.69, 9.17) is 7.85 Å². The average molecular weight is 301 g/mol. The van der Waals surface area contributed by atoms with Crippen LogP contribution in [0.4, 0.5) is 0 Å². The molecule has 0 aliphatic heterocycles. The number of benzene rings is 1. The summed E-state index contributed by atoms with van der Waals surface area (Å²) in [6, 6.07) is 9.39. The fraction of sp³-hybridized carbons (Fsp3) is 0.0625. The zero-order valence-corrected chi connectivity index (χ0v) is 12.4. The van der Waals surface area contributed by atoms with Crippen molar-refractivity contribution >= 4 is 24.2 Å². The number of rotatable bonds is 2. The Morgan fingerprint density at radius 2 is 2.09 bits per heavy atom. The Bertz CT molecular complexity index is 1080. The zero-order chi connectivity index (χ0) is 16.0. The SMILES string of the molecule is [B]c1c(-c2cc(-c3cnn(C)c3)n[nH]c2=O)[nH]c2ccccc12. The molecule has 3 heterocycles. The van der Waals surface area contributed by atoms with Crippen LogP contribution in [0, 0.1) is 0 Å². The Balaban J connectivity index is 1.94. The summed E-state index contributed by atoms with van der Waals surface area (Å²) < 4.78 is 1.68. The number of nitrogens with zero attached hydrogens (tertiary/aromatic N) is 3. The molecule has 7 heteroatoms. The van der Waals surface area contributed by atoms with Gasteiger partial charge in [0, 0.05) is 30.0 Å². The molecule has 0 aliphatic rings. The second-order valence-corrected chi connectivity index (χ2v) is 5.36. The average Bonchev–Trinajstić information content (AvgIpc) is 3.13. The van der Waals surface area contributed by atoms with Crippen molar-refractivity contribution < 1.29 is 0 Å². The van der Waals surface area contributed by atoms with Crippen LogP contribution in [0.25, 0.3) is 33.4 Å². The summed E-state index contributed by atoms with van der Waals surface area (Å²) in [6.07, 6.45) is 3.53. The molecule has 3 aromatic heterocycles. The second-order valence-electron chi connectivity index (χ2n) is 5.36. The molecule has 0 saturated carbocycles. The van der Waals surface area contributed by atoms with E-state index in [1.807, 2.05) is 37.5 Å². The molecule has 1 aromatic carbocycles. The normalized spacial score (nSPS) is 11.2. The first-order valence-corrected chi connectivity index (χ1v) is 7.09. The third kappa shape index (κ3) is 2.17. The number of para-hydroxylation sites is 1. The van der Waals surface area contributed by atoms with Gasteiger partial charge < -0.3 is 4.98 Å².